The lowest BCUT2D eigenvalue weighted by molar-refractivity contribution is 0.464. The molecular formula is C12H17ClN2O2S. The normalized spacial score (nSPS) is 21.4. The zero-order chi connectivity index (χ0) is 13.5. The number of halogens is 1. The standard InChI is InChI=1S/C12H17ClN2O2S/c1-8-3-4-15(7-8)18(16,17)10-5-9(2)12(13)11(14)6-10/h5-6,8H,3-4,7,14H2,1-2H3. The summed E-state index contributed by atoms with van der Waals surface area (Å²) in [4.78, 5) is 0.232. The highest BCUT2D eigenvalue weighted by atomic mass is 35.5. The molecule has 2 N–H and O–H groups in total. The molecule has 0 spiro atoms. The molecule has 0 bridgehead atoms. The number of hydrogen-bond acceptors (Lipinski definition) is 3. The molecule has 1 unspecified atom stereocenters. The molecule has 0 saturated carbocycles. The molecule has 100 valence electrons. The number of nitrogens with zero attached hydrogens (tertiary/aromatic N) is 1. The van der Waals surface area contributed by atoms with Gasteiger partial charge in [0.05, 0.1) is 15.6 Å². The first kappa shape index (κ1) is 13.6. The quantitative estimate of drug-likeness (QED) is 0.849. The largest absolute Gasteiger partial charge is 0.397 e. The Balaban J connectivity index is 2.42. The van der Waals surface area contributed by atoms with Crippen molar-refractivity contribution in [3.8, 4) is 0 Å². The number of rotatable bonds is 2. The first-order valence-corrected chi connectivity index (χ1v) is 7.70. The fourth-order valence-corrected chi connectivity index (χ4v) is 3.98. The molecule has 1 heterocycles. The van der Waals surface area contributed by atoms with Crippen molar-refractivity contribution in [2.75, 3.05) is 18.8 Å². The molecule has 1 aromatic rings. The fourth-order valence-electron chi connectivity index (χ4n) is 2.17. The average molecular weight is 289 g/mol. The second-order valence-electron chi connectivity index (χ2n) is 4.90. The number of sulfonamides is 1. The molecule has 0 aliphatic carbocycles. The highest BCUT2D eigenvalue weighted by Gasteiger charge is 2.31. The Bertz CT molecular complexity index is 548. The van der Waals surface area contributed by atoms with Gasteiger partial charge in [-0.05, 0) is 37.0 Å². The summed E-state index contributed by atoms with van der Waals surface area (Å²) in [6.07, 6.45) is 0.904. The van der Waals surface area contributed by atoms with Crippen LogP contribution in [0.25, 0.3) is 0 Å². The lowest BCUT2D eigenvalue weighted by atomic mass is 10.2. The van der Waals surface area contributed by atoms with Crippen molar-refractivity contribution in [2.45, 2.75) is 25.2 Å². The third-order valence-corrected chi connectivity index (χ3v) is 5.64. The fraction of sp³-hybridized carbons (Fsp3) is 0.500. The van der Waals surface area contributed by atoms with Gasteiger partial charge in [0.25, 0.3) is 0 Å². The molecule has 4 nitrogen and oxygen atoms in total. The average Bonchev–Trinajstić information content (AvgIpc) is 2.72. The van der Waals surface area contributed by atoms with E-state index in [1.54, 1.807) is 13.0 Å². The van der Waals surface area contributed by atoms with Crippen molar-refractivity contribution in [2.24, 2.45) is 5.92 Å². The van der Waals surface area contributed by atoms with Gasteiger partial charge in [-0.3, -0.25) is 0 Å². The van der Waals surface area contributed by atoms with E-state index >= 15 is 0 Å². The summed E-state index contributed by atoms with van der Waals surface area (Å²) in [5.74, 6) is 0.408. The first-order valence-electron chi connectivity index (χ1n) is 5.88. The summed E-state index contributed by atoms with van der Waals surface area (Å²) >= 11 is 5.95. The maximum Gasteiger partial charge on any atom is 0.243 e. The minimum Gasteiger partial charge on any atom is -0.397 e. The Morgan fingerprint density at radius 1 is 1.44 bits per heavy atom. The van der Waals surface area contributed by atoms with Crippen LogP contribution in [0.15, 0.2) is 17.0 Å². The molecule has 6 heteroatoms. The molecule has 0 radical (unpaired) electrons. The number of hydrogen-bond donors (Lipinski definition) is 1. The second kappa shape index (κ2) is 4.72. The van der Waals surface area contributed by atoms with E-state index in [1.807, 2.05) is 0 Å². The minimum absolute atomic E-state index is 0.232. The smallest absolute Gasteiger partial charge is 0.243 e. The summed E-state index contributed by atoms with van der Waals surface area (Å²) in [5, 5.41) is 0.420. The number of nitrogens with two attached hydrogens (primary N) is 1. The van der Waals surface area contributed by atoms with E-state index in [1.165, 1.54) is 10.4 Å². The van der Waals surface area contributed by atoms with Gasteiger partial charge in [-0.1, -0.05) is 18.5 Å². The molecule has 1 fully saturated rings. The maximum atomic E-state index is 12.4. The van der Waals surface area contributed by atoms with E-state index in [-0.39, 0.29) is 4.90 Å². The van der Waals surface area contributed by atoms with Gasteiger partial charge in [0.1, 0.15) is 0 Å². The van der Waals surface area contributed by atoms with Crippen molar-refractivity contribution in [3.05, 3.63) is 22.7 Å². The molecule has 18 heavy (non-hydrogen) atoms. The molecule has 1 aromatic carbocycles. The third-order valence-electron chi connectivity index (χ3n) is 3.28. The highest BCUT2D eigenvalue weighted by molar-refractivity contribution is 7.89. The predicted molar refractivity (Wildman–Crippen MR) is 73.1 cm³/mol. The molecular weight excluding hydrogens is 272 g/mol. The van der Waals surface area contributed by atoms with E-state index in [9.17, 15) is 8.42 Å². The number of anilines is 1. The summed E-state index contributed by atoms with van der Waals surface area (Å²) in [7, 11) is -3.44. The van der Waals surface area contributed by atoms with E-state index in [0.29, 0.717) is 35.3 Å². The van der Waals surface area contributed by atoms with Crippen LogP contribution in [0.4, 0.5) is 5.69 Å². The third kappa shape index (κ3) is 2.35. The van der Waals surface area contributed by atoms with Gasteiger partial charge in [-0.15, -0.1) is 0 Å². The number of nitrogen functional groups attached to an aromatic ring is 1. The molecule has 2 rings (SSSR count). The molecule has 0 amide bonds. The van der Waals surface area contributed by atoms with Crippen LogP contribution in [0.1, 0.15) is 18.9 Å². The van der Waals surface area contributed by atoms with Crippen LogP contribution in [-0.2, 0) is 10.0 Å². The van der Waals surface area contributed by atoms with Crippen LogP contribution in [0, 0.1) is 12.8 Å². The Labute approximate surface area is 113 Å². The number of benzene rings is 1. The lowest BCUT2D eigenvalue weighted by Crippen LogP contribution is -2.28. The Morgan fingerprint density at radius 2 is 2.11 bits per heavy atom. The number of aryl methyl sites for hydroxylation is 1. The van der Waals surface area contributed by atoms with Gasteiger partial charge < -0.3 is 5.73 Å². The SMILES string of the molecule is Cc1cc(S(=O)(=O)N2CCC(C)C2)cc(N)c1Cl. The molecule has 1 saturated heterocycles. The first-order chi connectivity index (χ1) is 8.32. The summed E-state index contributed by atoms with van der Waals surface area (Å²) in [5.41, 5.74) is 6.72. The van der Waals surface area contributed by atoms with E-state index in [2.05, 4.69) is 6.92 Å². The zero-order valence-corrected chi connectivity index (χ0v) is 12.1. The van der Waals surface area contributed by atoms with Gasteiger partial charge in [-0.2, -0.15) is 4.31 Å². The Kier molecular flexibility index (Phi) is 3.58. The van der Waals surface area contributed by atoms with Crippen LogP contribution in [0.2, 0.25) is 5.02 Å². The van der Waals surface area contributed by atoms with Crippen molar-refractivity contribution < 1.29 is 8.42 Å². The molecule has 1 aliphatic rings. The molecule has 0 aromatic heterocycles. The molecule has 1 atom stereocenters. The summed E-state index contributed by atoms with van der Waals surface area (Å²) < 4.78 is 26.4. The van der Waals surface area contributed by atoms with Crippen LogP contribution in [-0.4, -0.2) is 25.8 Å². The van der Waals surface area contributed by atoms with Crippen LogP contribution >= 0.6 is 11.6 Å². The Morgan fingerprint density at radius 3 is 2.61 bits per heavy atom. The monoisotopic (exact) mass is 288 g/mol. The zero-order valence-electron chi connectivity index (χ0n) is 10.5. The van der Waals surface area contributed by atoms with Gasteiger partial charge >= 0.3 is 0 Å². The second-order valence-corrected chi connectivity index (χ2v) is 7.22. The highest BCUT2D eigenvalue weighted by Crippen LogP contribution is 2.30. The minimum atomic E-state index is -3.44. The molecule has 1 aliphatic heterocycles. The topological polar surface area (TPSA) is 63.4 Å². The van der Waals surface area contributed by atoms with Crippen LogP contribution in [0.5, 0.6) is 0 Å². The Hall–Kier alpha value is -0.780. The maximum absolute atomic E-state index is 12.4. The summed E-state index contributed by atoms with van der Waals surface area (Å²) in [6, 6.07) is 3.02. The van der Waals surface area contributed by atoms with Gasteiger partial charge in [0.15, 0.2) is 0 Å². The van der Waals surface area contributed by atoms with Gasteiger partial charge in [0.2, 0.25) is 10.0 Å². The van der Waals surface area contributed by atoms with Crippen LogP contribution in [0.3, 0.4) is 0 Å². The van der Waals surface area contributed by atoms with E-state index in [4.69, 9.17) is 17.3 Å². The predicted octanol–water partition coefficient (Wildman–Crippen LogP) is 2.26. The van der Waals surface area contributed by atoms with Crippen molar-refractivity contribution in [3.63, 3.8) is 0 Å². The lowest BCUT2D eigenvalue weighted by Gasteiger charge is -2.17. The van der Waals surface area contributed by atoms with E-state index < -0.39 is 10.0 Å². The van der Waals surface area contributed by atoms with Crippen LogP contribution < -0.4 is 5.73 Å². The van der Waals surface area contributed by atoms with E-state index in [0.717, 1.165) is 6.42 Å². The van der Waals surface area contributed by atoms with Crippen molar-refractivity contribution >= 4 is 27.3 Å². The summed E-state index contributed by atoms with van der Waals surface area (Å²) in [6.45, 7) is 4.95. The van der Waals surface area contributed by atoms with Crippen molar-refractivity contribution in [1.82, 2.24) is 4.31 Å². The van der Waals surface area contributed by atoms with Gasteiger partial charge in [-0.25, -0.2) is 8.42 Å². The van der Waals surface area contributed by atoms with Crippen molar-refractivity contribution in [1.29, 1.82) is 0 Å². The van der Waals surface area contributed by atoms with Gasteiger partial charge in [0, 0.05) is 13.1 Å².